The summed E-state index contributed by atoms with van der Waals surface area (Å²) in [5, 5.41) is 3.27. The lowest BCUT2D eigenvalue weighted by Crippen LogP contribution is -2.51. The number of hydrazine groups is 1. The van der Waals surface area contributed by atoms with Crippen LogP contribution in [0.4, 0.5) is 0 Å². The van der Waals surface area contributed by atoms with E-state index in [0.29, 0.717) is 11.4 Å². The lowest BCUT2D eigenvalue weighted by atomic mass is 10.1. The maximum atomic E-state index is 12.1. The molecule has 0 unspecified atom stereocenters. The third kappa shape index (κ3) is 7.03. The number of ether oxygens (including phenoxy) is 1. The highest BCUT2D eigenvalue weighted by atomic mass is 16.6. The zero-order valence-electron chi connectivity index (χ0n) is 13.6. The third-order valence-corrected chi connectivity index (χ3v) is 2.86. The van der Waals surface area contributed by atoms with E-state index in [0.717, 1.165) is 5.56 Å². The number of hydrogen-bond acceptors (Lipinski definition) is 6. The molecule has 0 radical (unpaired) electrons. The summed E-state index contributed by atoms with van der Waals surface area (Å²) < 4.78 is 5.18. The molecule has 0 saturated heterocycles. The van der Waals surface area contributed by atoms with Crippen molar-refractivity contribution in [2.45, 2.75) is 38.8 Å². The van der Waals surface area contributed by atoms with Gasteiger partial charge in [-0.3, -0.25) is 19.7 Å². The van der Waals surface area contributed by atoms with Crippen LogP contribution >= 0.6 is 0 Å². The van der Waals surface area contributed by atoms with Gasteiger partial charge in [-0.2, -0.15) is 0 Å². The van der Waals surface area contributed by atoms with E-state index >= 15 is 0 Å². The second kappa shape index (κ2) is 8.40. The first kappa shape index (κ1) is 18.8. The fourth-order valence-electron chi connectivity index (χ4n) is 1.91. The number of carbonyl (C=O) groups is 3. The Morgan fingerprint density at radius 3 is 2.43 bits per heavy atom. The Balaban J connectivity index is 2.73. The first-order chi connectivity index (χ1) is 10.7. The average Bonchev–Trinajstić information content (AvgIpc) is 2.49. The molecule has 0 aromatic heterocycles. The predicted molar refractivity (Wildman–Crippen MR) is 84.9 cm³/mol. The molecule has 0 heterocycles. The molecule has 23 heavy (non-hydrogen) atoms. The number of benzene rings is 1. The van der Waals surface area contributed by atoms with Crippen LogP contribution in [0.25, 0.3) is 0 Å². The molecular formula is C16H23N3O4. The van der Waals surface area contributed by atoms with Crippen molar-refractivity contribution in [3.05, 3.63) is 35.9 Å². The third-order valence-electron chi connectivity index (χ3n) is 2.86. The van der Waals surface area contributed by atoms with Gasteiger partial charge in [0.2, 0.25) is 6.41 Å². The van der Waals surface area contributed by atoms with Crippen molar-refractivity contribution in [3.8, 4) is 0 Å². The fraction of sp³-hybridized carbons (Fsp3) is 0.438. The van der Waals surface area contributed by atoms with E-state index < -0.39 is 23.5 Å². The van der Waals surface area contributed by atoms with E-state index in [2.05, 4.69) is 5.32 Å². The number of rotatable bonds is 7. The number of esters is 1. The van der Waals surface area contributed by atoms with Crippen LogP contribution in [0.15, 0.2) is 30.3 Å². The van der Waals surface area contributed by atoms with Crippen LogP contribution in [0.5, 0.6) is 0 Å². The molecule has 7 nitrogen and oxygen atoms in total. The number of hydrogen-bond donors (Lipinski definition) is 2. The molecule has 0 spiro atoms. The summed E-state index contributed by atoms with van der Waals surface area (Å²) in [5.74, 6) is 4.23. The van der Waals surface area contributed by atoms with Gasteiger partial charge in [0.25, 0.3) is 5.91 Å². The molecule has 1 atom stereocenters. The predicted octanol–water partition coefficient (Wildman–Crippen LogP) is 0.388. The van der Waals surface area contributed by atoms with Crippen molar-refractivity contribution >= 4 is 18.3 Å². The van der Waals surface area contributed by atoms with Crippen LogP contribution in [-0.4, -0.2) is 41.5 Å². The molecule has 2 amide bonds. The summed E-state index contributed by atoms with van der Waals surface area (Å²) in [4.78, 5) is 34.6. The Bertz CT molecular complexity index is 540. The SMILES string of the molecule is CC(C)(C)OC(=O)CN[C@H](Cc1ccccc1)C(=O)N(N)C=O. The van der Waals surface area contributed by atoms with Gasteiger partial charge >= 0.3 is 5.97 Å². The highest BCUT2D eigenvalue weighted by Gasteiger charge is 2.24. The summed E-state index contributed by atoms with van der Waals surface area (Å²) >= 11 is 0. The van der Waals surface area contributed by atoms with Gasteiger partial charge in [0.1, 0.15) is 5.60 Å². The second-order valence-electron chi connectivity index (χ2n) is 6.06. The van der Waals surface area contributed by atoms with E-state index in [9.17, 15) is 14.4 Å². The highest BCUT2D eigenvalue weighted by Crippen LogP contribution is 2.08. The lowest BCUT2D eigenvalue weighted by molar-refractivity contribution is -0.153. The van der Waals surface area contributed by atoms with Gasteiger partial charge in [-0.1, -0.05) is 30.3 Å². The van der Waals surface area contributed by atoms with Crippen molar-refractivity contribution in [2.75, 3.05) is 6.54 Å². The van der Waals surface area contributed by atoms with E-state index in [4.69, 9.17) is 10.6 Å². The van der Waals surface area contributed by atoms with Gasteiger partial charge in [0.05, 0.1) is 12.6 Å². The van der Waals surface area contributed by atoms with Crippen LogP contribution < -0.4 is 11.2 Å². The molecule has 0 aliphatic heterocycles. The molecule has 7 heteroatoms. The zero-order valence-corrected chi connectivity index (χ0v) is 13.6. The van der Waals surface area contributed by atoms with Crippen molar-refractivity contribution in [1.82, 2.24) is 10.3 Å². The van der Waals surface area contributed by atoms with Crippen LogP contribution in [0.2, 0.25) is 0 Å². The summed E-state index contributed by atoms with van der Waals surface area (Å²) in [6.45, 7) is 5.11. The Hall–Kier alpha value is -2.25. The maximum Gasteiger partial charge on any atom is 0.320 e. The van der Waals surface area contributed by atoms with Gasteiger partial charge in [-0.05, 0) is 32.8 Å². The van der Waals surface area contributed by atoms with Gasteiger partial charge < -0.3 is 4.74 Å². The Kier molecular flexibility index (Phi) is 6.87. The summed E-state index contributed by atoms with van der Waals surface area (Å²) in [6, 6.07) is 8.42. The van der Waals surface area contributed by atoms with E-state index in [1.807, 2.05) is 30.3 Å². The molecule has 1 aromatic carbocycles. The lowest BCUT2D eigenvalue weighted by Gasteiger charge is -2.23. The van der Waals surface area contributed by atoms with Gasteiger partial charge in [0, 0.05) is 0 Å². The van der Waals surface area contributed by atoms with E-state index in [1.54, 1.807) is 20.8 Å². The smallest absolute Gasteiger partial charge is 0.320 e. The quantitative estimate of drug-likeness (QED) is 0.248. The summed E-state index contributed by atoms with van der Waals surface area (Å²) in [5.41, 5.74) is 0.266. The molecule has 0 aliphatic carbocycles. The molecule has 0 aliphatic rings. The first-order valence-electron chi connectivity index (χ1n) is 7.25. The average molecular weight is 321 g/mol. The van der Waals surface area contributed by atoms with Gasteiger partial charge in [-0.25, -0.2) is 10.9 Å². The minimum atomic E-state index is -0.805. The van der Waals surface area contributed by atoms with E-state index in [-0.39, 0.29) is 13.0 Å². The Morgan fingerprint density at radius 2 is 1.91 bits per heavy atom. The monoisotopic (exact) mass is 321 g/mol. The number of imide groups is 1. The molecule has 0 saturated carbocycles. The van der Waals surface area contributed by atoms with Crippen molar-refractivity contribution < 1.29 is 19.1 Å². The standard InChI is InChI=1S/C16H23N3O4/c1-16(2,3)23-14(21)10-18-13(15(22)19(17)11-20)9-12-7-5-4-6-8-12/h4-8,11,13,18H,9-10,17H2,1-3H3/t13-/m1/s1. The molecular weight excluding hydrogens is 298 g/mol. The van der Waals surface area contributed by atoms with Crippen molar-refractivity contribution in [1.29, 1.82) is 0 Å². The van der Waals surface area contributed by atoms with Crippen LogP contribution in [-0.2, 0) is 25.5 Å². The zero-order chi connectivity index (χ0) is 17.5. The number of nitrogens with two attached hydrogens (primary N) is 1. The molecule has 0 fully saturated rings. The number of amides is 2. The summed E-state index contributed by atoms with van der Waals surface area (Å²) in [7, 11) is 0. The summed E-state index contributed by atoms with van der Waals surface area (Å²) in [6.07, 6.45) is 0.527. The number of nitrogens with one attached hydrogen (secondary N) is 1. The minimum absolute atomic E-state index is 0.160. The Morgan fingerprint density at radius 1 is 1.30 bits per heavy atom. The van der Waals surface area contributed by atoms with Crippen LogP contribution in [0.3, 0.4) is 0 Å². The fourth-order valence-corrected chi connectivity index (χ4v) is 1.91. The highest BCUT2D eigenvalue weighted by molar-refractivity contribution is 5.90. The van der Waals surface area contributed by atoms with Crippen molar-refractivity contribution in [3.63, 3.8) is 0 Å². The molecule has 1 rings (SSSR count). The van der Waals surface area contributed by atoms with E-state index in [1.165, 1.54) is 0 Å². The van der Waals surface area contributed by atoms with Crippen molar-refractivity contribution in [2.24, 2.45) is 5.84 Å². The van der Waals surface area contributed by atoms with Gasteiger partial charge in [-0.15, -0.1) is 0 Å². The minimum Gasteiger partial charge on any atom is -0.459 e. The normalized spacial score (nSPS) is 12.3. The number of carbonyl (C=O) groups excluding carboxylic acids is 3. The topological polar surface area (TPSA) is 102 Å². The second-order valence-corrected chi connectivity index (χ2v) is 6.06. The largest absolute Gasteiger partial charge is 0.459 e. The Labute approximate surface area is 135 Å². The first-order valence-corrected chi connectivity index (χ1v) is 7.25. The molecule has 126 valence electrons. The maximum absolute atomic E-state index is 12.1. The van der Waals surface area contributed by atoms with Crippen LogP contribution in [0.1, 0.15) is 26.3 Å². The molecule has 0 bridgehead atoms. The van der Waals surface area contributed by atoms with Gasteiger partial charge in [0.15, 0.2) is 0 Å². The molecule has 1 aromatic rings. The van der Waals surface area contributed by atoms with Crippen LogP contribution in [0, 0.1) is 0 Å². The number of nitrogens with zero attached hydrogens (tertiary/aromatic N) is 1. The molecule has 3 N–H and O–H groups in total.